The number of halogens is 2. The van der Waals surface area contributed by atoms with Gasteiger partial charge in [0, 0.05) is 17.7 Å². The molecule has 4 heteroatoms. The molecule has 2 nitrogen and oxygen atoms in total. The van der Waals surface area contributed by atoms with Gasteiger partial charge in [0.1, 0.15) is 17.4 Å². The SMILES string of the molecule is CNCCC(C)(C)CCc1c(F)cc(OC)cc1F. The molecule has 0 saturated heterocycles. The summed E-state index contributed by atoms with van der Waals surface area (Å²) in [6, 6.07) is 2.47. The number of hydrogen-bond acceptors (Lipinski definition) is 2. The Morgan fingerprint density at radius 1 is 1.16 bits per heavy atom. The summed E-state index contributed by atoms with van der Waals surface area (Å²) in [5, 5.41) is 3.10. The van der Waals surface area contributed by atoms with Crippen LogP contribution in [0.2, 0.25) is 0 Å². The summed E-state index contributed by atoms with van der Waals surface area (Å²) in [6.07, 6.45) is 2.12. The summed E-state index contributed by atoms with van der Waals surface area (Å²) in [4.78, 5) is 0. The van der Waals surface area contributed by atoms with Gasteiger partial charge in [-0.3, -0.25) is 0 Å². The lowest BCUT2D eigenvalue weighted by atomic mass is 9.83. The highest BCUT2D eigenvalue weighted by atomic mass is 19.1. The van der Waals surface area contributed by atoms with Gasteiger partial charge >= 0.3 is 0 Å². The topological polar surface area (TPSA) is 21.3 Å². The normalized spacial score (nSPS) is 11.7. The zero-order valence-electron chi connectivity index (χ0n) is 12.1. The second-order valence-corrected chi connectivity index (χ2v) is 5.59. The minimum atomic E-state index is -0.527. The van der Waals surface area contributed by atoms with Gasteiger partial charge in [0.05, 0.1) is 7.11 Å². The Morgan fingerprint density at radius 3 is 2.21 bits per heavy atom. The van der Waals surface area contributed by atoms with Gasteiger partial charge in [-0.2, -0.15) is 0 Å². The van der Waals surface area contributed by atoms with Crippen LogP contribution in [-0.4, -0.2) is 20.7 Å². The van der Waals surface area contributed by atoms with Crippen molar-refractivity contribution in [2.75, 3.05) is 20.7 Å². The number of hydrogen-bond donors (Lipinski definition) is 1. The van der Waals surface area contributed by atoms with Crippen molar-refractivity contribution in [2.45, 2.75) is 33.1 Å². The van der Waals surface area contributed by atoms with Crippen LogP contribution in [0.4, 0.5) is 8.78 Å². The third-order valence-corrected chi connectivity index (χ3v) is 3.45. The fraction of sp³-hybridized carbons (Fsp3) is 0.600. The van der Waals surface area contributed by atoms with Crippen LogP contribution in [0.5, 0.6) is 5.75 Å². The van der Waals surface area contributed by atoms with E-state index in [2.05, 4.69) is 19.2 Å². The molecular formula is C15H23F2NO. The van der Waals surface area contributed by atoms with Crippen molar-refractivity contribution in [3.8, 4) is 5.75 Å². The molecule has 108 valence electrons. The molecular weight excluding hydrogens is 248 g/mol. The largest absolute Gasteiger partial charge is 0.497 e. The monoisotopic (exact) mass is 271 g/mol. The molecule has 0 aromatic heterocycles. The van der Waals surface area contributed by atoms with Crippen molar-refractivity contribution in [3.63, 3.8) is 0 Å². The molecule has 0 fully saturated rings. The van der Waals surface area contributed by atoms with Crippen molar-refractivity contribution < 1.29 is 13.5 Å². The van der Waals surface area contributed by atoms with Crippen LogP contribution in [0.1, 0.15) is 32.3 Å². The maximum atomic E-state index is 13.8. The first-order valence-corrected chi connectivity index (χ1v) is 6.56. The first-order valence-electron chi connectivity index (χ1n) is 6.56. The van der Waals surface area contributed by atoms with Crippen molar-refractivity contribution >= 4 is 0 Å². The third-order valence-electron chi connectivity index (χ3n) is 3.45. The predicted molar refractivity (Wildman–Crippen MR) is 73.6 cm³/mol. The molecule has 1 aromatic rings. The van der Waals surface area contributed by atoms with E-state index in [0.29, 0.717) is 6.42 Å². The quantitative estimate of drug-likeness (QED) is 0.819. The van der Waals surface area contributed by atoms with Crippen LogP contribution >= 0.6 is 0 Å². The van der Waals surface area contributed by atoms with E-state index in [-0.39, 0.29) is 16.7 Å². The Morgan fingerprint density at radius 2 is 1.74 bits per heavy atom. The highest BCUT2D eigenvalue weighted by Gasteiger charge is 2.20. The molecule has 0 aliphatic carbocycles. The Hall–Kier alpha value is -1.16. The Labute approximate surface area is 114 Å². The second kappa shape index (κ2) is 6.85. The lowest BCUT2D eigenvalue weighted by molar-refractivity contribution is 0.302. The fourth-order valence-electron chi connectivity index (χ4n) is 1.99. The van der Waals surface area contributed by atoms with E-state index in [1.807, 2.05) is 7.05 Å². The summed E-state index contributed by atoms with van der Waals surface area (Å²) >= 11 is 0. The Bertz CT molecular complexity index is 396. The maximum Gasteiger partial charge on any atom is 0.133 e. The fourth-order valence-corrected chi connectivity index (χ4v) is 1.99. The molecule has 0 amide bonds. The molecule has 0 atom stereocenters. The zero-order valence-corrected chi connectivity index (χ0v) is 12.1. The first-order chi connectivity index (χ1) is 8.89. The van der Waals surface area contributed by atoms with Gasteiger partial charge in [-0.25, -0.2) is 8.78 Å². The van der Waals surface area contributed by atoms with Gasteiger partial charge in [-0.15, -0.1) is 0 Å². The summed E-state index contributed by atoms with van der Waals surface area (Å²) in [7, 11) is 3.30. The van der Waals surface area contributed by atoms with Gasteiger partial charge in [-0.1, -0.05) is 13.8 Å². The number of nitrogens with one attached hydrogen (secondary N) is 1. The molecule has 0 unspecified atom stereocenters. The minimum absolute atomic E-state index is 0.0574. The van der Waals surface area contributed by atoms with Gasteiger partial charge in [-0.05, 0) is 38.3 Å². The van der Waals surface area contributed by atoms with Crippen LogP contribution < -0.4 is 10.1 Å². The van der Waals surface area contributed by atoms with E-state index in [0.717, 1.165) is 19.4 Å². The third kappa shape index (κ3) is 4.78. The lowest BCUT2D eigenvalue weighted by Crippen LogP contribution is -2.20. The minimum Gasteiger partial charge on any atom is -0.497 e. The van der Waals surface area contributed by atoms with E-state index < -0.39 is 11.6 Å². The van der Waals surface area contributed by atoms with Gasteiger partial charge < -0.3 is 10.1 Å². The van der Waals surface area contributed by atoms with E-state index in [1.54, 1.807) is 0 Å². The molecule has 1 N–H and O–H groups in total. The first kappa shape index (κ1) is 15.9. The Kier molecular flexibility index (Phi) is 5.73. The second-order valence-electron chi connectivity index (χ2n) is 5.59. The van der Waals surface area contributed by atoms with E-state index in [9.17, 15) is 8.78 Å². The van der Waals surface area contributed by atoms with Gasteiger partial charge in [0.15, 0.2) is 0 Å². The van der Waals surface area contributed by atoms with E-state index in [1.165, 1.54) is 19.2 Å². The molecule has 1 rings (SSSR count). The number of ether oxygens (including phenoxy) is 1. The predicted octanol–water partition coefficient (Wildman–Crippen LogP) is 3.54. The number of benzene rings is 1. The number of methoxy groups -OCH3 is 1. The number of rotatable bonds is 7. The molecule has 0 radical (unpaired) electrons. The van der Waals surface area contributed by atoms with E-state index >= 15 is 0 Å². The highest BCUT2D eigenvalue weighted by molar-refractivity contribution is 5.30. The summed E-state index contributed by atoms with van der Waals surface area (Å²) < 4.78 is 32.4. The molecule has 0 bridgehead atoms. The average Bonchev–Trinajstić information content (AvgIpc) is 2.35. The van der Waals surface area contributed by atoms with Crippen LogP contribution in [0, 0.1) is 17.0 Å². The summed E-state index contributed by atoms with van der Waals surface area (Å²) in [5.41, 5.74) is 0.209. The summed E-state index contributed by atoms with van der Waals surface area (Å²) in [5.74, 6) is -0.837. The van der Waals surface area contributed by atoms with Crippen LogP contribution in [-0.2, 0) is 6.42 Å². The molecule has 1 aromatic carbocycles. The maximum absolute atomic E-state index is 13.8. The highest BCUT2D eigenvalue weighted by Crippen LogP contribution is 2.29. The van der Waals surface area contributed by atoms with Gasteiger partial charge in [0.25, 0.3) is 0 Å². The molecule has 0 aliphatic rings. The van der Waals surface area contributed by atoms with Crippen LogP contribution in [0.15, 0.2) is 12.1 Å². The van der Waals surface area contributed by atoms with Crippen molar-refractivity contribution in [1.29, 1.82) is 0 Å². The zero-order chi connectivity index (χ0) is 14.5. The standard InChI is InChI=1S/C15H23F2NO/c1-15(2,7-8-18-3)6-5-12-13(16)9-11(19-4)10-14(12)17/h9-10,18H,5-8H2,1-4H3. The van der Waals surface area contributed by atoms with Crippen LogP contribution in [0.3, 0.4) is 0 Å². The van der Waals surface area contributed by atoms with Crippen molar-refractivity contribution in [1.82, 2.24) is 5.32 Å². The van der Waals surface area contributed by atoms with Gasteiger partial charge in [0.2, 0.25) is 0 Å². The Balaban J connectivity index is 2.72. The molecule has 0 saturated carbocycles. The average molecular weight is 271 g/mol. The van der Waals surface area contributed by atoms with Crippen molar-refractivity contribution in [3.05, 3.63) is 29.3 Å². The molecule has 0 spiro atoms. The van der Waals surface area contributed by atoms with E-state index in [4.69, 9.17) is 4.74 Å². The van der Waals surface area contributed by atoms with Crippen LogP contribution in [0.25, 0.3) is 0 Å². The molecule has 0 aliphatic heterocycles. The molecule has 0 heterocycles. The molecule has 19 heavy (non-hydrogen) atoms. The summed E-state index contributed by atoms with van der Waals surface area (Å²) in [6.45, 7) is 5.13. The smallest absolute Gasteiger partial charge is 0.133 e. The lowest BCUT2D eigenvalue weighted by Gasteiger charge is -2.24. The van der Waals surface area contributed by atoms with Crippen molar-refractivity contribution in [2.24, 2.45) is 5.41 Å².